The molecule has 6 heteroatoms. The van der Waals surface area contributed by atoms with Crippen LogP contribution in [-0.4, -0.2) is 27.6 Å². The number of aryl methyl sites for hydroxylation is 2. The third-order valence-electron chi connectivity index (χ3n) is 3.46. The largest absolute Gasteiger partial charge is 0.351 e. The molecular weight excluding hydrogens is 272 g/mol. The van der Waals surface area contributed by atoms with E-state index in [-0.39, 0.29) is 5.91 Å². The molecule has 2 N–H and O–H groups in total. The highest BCUT2D eigenvalue weighted by Gasteiger charge is 2.31. The van der Waals surface area contributed by atoms with Crippen molar-refractivity contribution >= 4 is 17.2 Å². The monoisotopic (exact) mass is 290 g/mol. The fourth-order valence-corrected chi connectivity index (χ4v) is 3.05. The standard InChI is InChI=1S/C14H18N4OS/c1-8-7-20-11(16-8)5-6-15-14(19)12-9(2)17-18-13(12)10-3-4-10/h7,10H,3-6H2,1-2H3,(H,15,19)(H,17,18). The molecule has 1 saturated carbocycles. The van der Waals surface area contributed by atoms with Gasteiger partial charge in [-0.2, -0.15) is 5.10 Å². The summed E-state index contributed by atoms with van der Waals surface area (Å²) in [7, 11) is 0. The first-order valence-corrected chi connectivity index (χ1v) is 7.77. The van der Waals surface area contributed by atoms with Crippen LogP contribution in [0.15, 0.2) is 5.38 Å². The van der Waals surface area contributed by atoms with Crippen molar-refractivity contribution in [2.75, 3.05) is 6.54 Å². The van der Waals surface area contributed by atoms with Crippen LogP contribution in [0.4, 0.5) is 0 Å². The average molecular weight is 290 g/mol. The van der Waals surface area contributed by atoms with Crippen LogP contribution >= 0.6 is 11.3 Å². The molecule has 2 aromatic rings. The lowest BCUT2D eigenvalue weighted by Crippen LogP contribution is -2.26. The summed E-state index contributed by atoms with van der Waals surface area (Å²) in [6.45, 7) is 4.49. The number of carbonyl (C=O) groups is 1. The fourth-order valence-electron chi connectivity index (χ4n) is 2.28. The van der Waals surface area contributed by atoms with Crippen LogP contribution < -0.4 is 5.32 Å². The van der Waals surface area contributed by atoms with Gasteiger partial charge >= 0.3 is 0 Å². The highest BCUT2D eigenvalue weighted by Crippen LogP contribution is 2.41. The van der Waals surface area contributed by atoms with Gasteiger partial charge in [0, 0.05) is 35.7 Å². The first-order chi connectivity index (χ1) is 9.65. The molecule has 20 heavy (non-hydrogen) atoms. The Morgan fingerprint density at radius 1 is 1.50 bits per heavy atom. The van der Waals surface area contributed by atoms with E-state index in [1.54, 1.807) is 11.3 Å². The van der Waals surface area contributed by atoms with E-state index in [4.69, 9.17) is 0 Å². The van der Waals surface area contributed by atoms with Gasteiger partial charge in [-0.15, -0.1) is 11.3 Å². The quantitative estimate of drug-likeness (QED) is 0.888. The normalized spacial score (nSPS) is 14.5. The van der Waals surface area contributed by atoms with Gasteiger partial charge < -0.3 is 5.32 Å². The summed E-state index contributed by atoms with van der Waals surface area (Å²) in [6.07, 6.45) is 3.06. The van der Waals surface area contributed by atoms with Crippen LogP contribution in [0, 0.1) is 13.8 Å². The molecule has 3 rings (SSSR count). The van der Waals surface area contributed by atoms with E-state index < -0.39 is 0 Å². The van der Waals surface area contributed by atoms with Gasteiger partial charge in [0.05, 0.1) is 16.3 Å². The van der Waals surface area contributed by atoms with Crippen molar-refractivity contribution in [3.8, 4) is 0 Å². The number of nitrogens with zero attached hydrogens (tertiary/aromatic N) is 2. The van der Waals surface area contributed by atoms with Crippen molar-refractivity contribution in [3.63, 3.8) is 0 Å². The summed E-state index contributed by atoms with van der Waals surface area (Å²) in [4.78, 5) is 16.7. The van der Waals surface area contributed by atoms with E-state index in [1.165, 1.54) is 0 Å². The van der Waals surface area contributed by atoms with Gasteiger partial charge in [-0.05, 0) is 26.7 Å². The average Bonchev–Trinajstić information content (AvgIpc) is 3.07. The number of hydrogen-bond acceptors (Lipinski definition) is 4. The zero-order valence-electron chi connectivity index (χ0n) is 11.7. The lowest BCUT2D eigenvalue weighted by Gasteiger charge is -2.05. The van der Waals surface area contributed by atoms with Gasteiger partial charge in [0.15, 0.2) is 0 Å². The molecule has 0 spiro atoms. The molecule has 0 radical (unpaired) electrons. The maximum Gasteiger partial charge on any atom is 0.255 e. The summed E-state index contributed by atoms with van der Waals surface area (Å²) in [5, 5.41) is 13.3. The van der Waals surface area contributed by atoms with Crippen molar-refractivity contribution in [1.82, 2.24) is 20.5 Å². The summed E-state index contributed by atoms with van der Waals surface area (Å²) >= 11 is 1.64. The van der Waals surface area contributed by atoms with Crippen LogP contribution in [0.5, 0.6) is 0 Å². The summed E-state index contributed by atoms with van der Waals surface area (Å²) in [5.74, 6) is 0.453. The smallest absolute Gasteiger partial charge is 0.255 e. The maximum atomic E-state index is 12.3. The summed E-state index contributed by atoms with van der Waals surface area (Å²) in [6, 6.07) is 0. The van der Waals surface area contributed by atoms with Crippen LogP contribution in [0.1, 0.15) is 51.2 Å². The van der Waals surface area contributed by atoms with E-state index in [1.807, 2.05) is 19.2 Å². The molecule has 0 saturated heterocycles. The maximum absolute atomic E-state index is 12.3. The highest BCUT2D eigenvalue weighted by atomic mass is 32.1. The number of hydrogen-bond donors (Lipinski definition) is 2. The number of thiazole rings is 1. The van der Waals surface area contributed by atoms with Gasteiger partial charge in [-0.3, -0.25) is 9.89 Å². The molecule has 5 nitrogen and oxygen atoms in total. The van der Waals surface area contributed by atoms with E-state index in [0.717, 1.165) is 46.9 Å². The van der Waals surface area contributed by atoms with Gasteiger partial charge in [0.2, 0.25) is 0 Å². The number of H-pyrrole nitrogens is 1. The van der Waals surface area contributed by atoms with Gasteiger partial charge in [0.1, 0.15) is 0 Å². The molecule has 0 atom stereocenters. The SMILES string of the molecule is Cc1csc(CCNC(=O)c2c(C3CC3)n[nH]c2C)n1. The molecule has 1 amide bonds. The second kappa shape index (κ2) is 5.36. The lowest BCUT2D eigenvalue weighted by atomic mass is 10.1. The minimum absolute atomic E-state index is 0.0218. The van der Waals surface area contributed by atoms with E-state index >= 15 is 0 Å². The van der Waals surface area contributed by atoms with Crippen molar-refractivity contribution in [1.29, 1.82) is 0 Å². The predicted molar refractivity (Wildman–Crippen MR) is 78.2 cm³/mol. The topological polar surface area (TPSA) is 70.7 Å². The van der Waals surface area contributed by atoms with E-state index in [0.29, 0.717) is 12.5 Å². The summed E-state index contributed by atoms with van der Waals surface area (Å²) in [5.41, 5.74) is 3.57. The first kappa shape index (κ1) is 13.3. The van der Waals surface area contributed by atoms with Gasteiger partial charge in [-0.1, -0.05) is 0 Å². The number of rotatable bonds is 5. The van der Waals surface area contributed by atoms with Crippen molar-refractivity contribution < 1.29 is 4.79 Å². The third-order valence-corrected chi connectivity index (χ3v) is 4.48. The Bertz CT molecular complexity index is 627. The minimum atomic E-state index is -0.0218. The minimum Gasteiger partial charge on any atom is -0.351 e. The number of amides is 1. The molecule has 1 fully saturated rings. The molecule has 106 valence electrons. The Labute approximate surface area is 121 Å². The van der Waals surface area contributed by atoms with Crippen molar-refractivity contribution in [2.24, 2.45) is 0 Å². The Kier molecular flexibility index (Phi) is 3.56. The van der Waals surface area contributed by atoms with Gasteiger partial charge in [-0.25, -0.2) is 4.98 Å². The predicted octanol–water partition coefficient (Wildman–Crippen LogP) is 2.33. The van der Waals surface area contributed by atoms with E-state index in [2.05, 4.69) is 20.5 Å². The zero-order valence-corrected chi connectivity index (χ0v) is 12.5. The lowest BCUT2D eigenvalue weighted by molar-refractivity contribution is 0.0952. The Hall–Kier alpha value is -1.69. The second-order valence-corrected chi connectivity index (χ2v) is 6.21. The molecule has 2 heterocycles. The van der Waals surface area contributed by atoms with Crippen LogP contribution in [0.3, 0.4) is 0 Å². The molecule has 1 aliphatic rings. The Balaban J connectivity index is 1.60. The molecule has 0 aliphatic heterocycles. The molecule has 0 bridgehead atoms. The first-order valence-electron chi connectivity index (χ1n) is 6.89. The van der Waals surface area contributed by atoms with E-state index in [9.17, 15) is 4.79 Å². The number of aromatic nitrogens is 3. The zero-order chi connectivity index (χ0) is 14.1. The number of nitrogens with one attached hydrogen (secondary N) is 2. The van der Waals surface area contributed by atoms with Crippen molar-refractivity contribution in [2.45, 2.75) is 39.0 Å². The van der Waals surface area contributed by atoms with Crippen LogP contribution in [0.25, 0.3) is 0 Å². The van der Waals surface area contributed by atoms with Crippen LogP contribution in [-0.2, 0) is 6.42 Å². The molecule has 2 aromatic heterocycles. The Morgan fingerprint density at radius 3 is 2.95 bits per heavy atom. The molecular formula is C14H18N4OS. The molecule has 1 aliphatic carbocycles. The number of aromatic amines is 1. The van der Waals surface area contributed by atoms with Crippen molar-refractivity contribution in [3.05, 3.63) is 33.0 Å². The van der Waals surface area contributed by atoms with Gasteiger partial charge in [0.25, 0.3) is 5.91 Å². The Morgan fingerprint density at radius 2 is 2.30 bits per heavy atom. The fraction of sp³-hybridized carbons (Fsp3) is 0.500. The molecule has 0 unspecified atom stereocenters. The number of carbonyl (C=O) groups excluding carboxylic acids is 1. The second-order valence-electron chi connectivity index (χ2n) is 5.27. The van der Waals surface area contributed by atoms with Crippen LogP contribution in [0.2, 0.25) is 0 Å². The highest BCUT2D eigenvalue weighted by molar-refractivity contribution is 7.09. The third kappa shape index (κ3) is 2.75. The summed E-state index contributed by atoms with van der Waals surface area (Å²) < 4.78 is 0. The molecule has 0 aromatic carbocycles.